The molecule has 0 unspecified atom stereocenters. The molecule has 0 rings (SSSR count). The van der Waals surface area contributed by atoms with Crippen molar-refractivity contribution in [3.63, 3.8) is 0 Å². The van der Waals surface area contributed by atoms with E-state index in [2.05, 4.69) is 49.3 Å². The third kappa shape index (κ3) is 47.4. The summed E-state index contributed by atoms with van der Waals surface area (Å²) in [6.07, 6.45) is 70.5. The molecular weight excluding hydrogens is 713 g/mol. The summed E-state index contributed by atoms with van der Waals surface area (Å²) in [5.41, 5.74) is 0. The van der Waals surface area contributed by atoms with Gasteiger partial charge in [-0.25, -0.2) is 0 Å². The molecule has 0 aliphatic carbocycles. The van der Waals surface area contributed by atoms with Crippen LogP contribution in [-0.4, -0.2) is 10.5 Å². The molecule has 0 aliphatic rings. The van der Waals surface area contributed by atoms with E-state index in [-0.39, 0.29) is 0 Å². The lowest BCUT2D eigenvalue weighted by Crippen LogP contribution is -2.06. The van der Waals surface area contributed by atoms with Crippen LogP contribution in [0.1, 0.15) is 336 Å². The molecule has 0 atom stereocenters. The second-order valence-electron chi connectivity index (χ2n) is 18.7. The van der Waals surface area contributed by atoms with E-state index in [0.29, 0.717) is 0 Å². The zero-order chi connectivity index (χ0) is 40.5. The molecule has 0 aromatic carbocycles. The summed E-state index contributed by atoms with van der Waals surface area (Å²) in [5, 5.41) is 1.79. The van der Waals surface area contributed by atoms with Gasteiger partial charge in [-0.1, -0.05) is 332 Å². The quantitative estimate of drug-likeness (QED) is 0.0443. The number of rotatable bonds is 51. The lowest BCUT2D eigenvalue weighted by Gasteiger charge is -2.21. The molecule has 0 aliphatic heterocycles. The van der Waals surface area contributed by atoms with Crippen LogP contribution in [0.4, 0.5) is 0 Å². The summed E-state index contributed by atoms with van der Waals surface area (Å²) < 4.78 is 0. The molecule has 0 amide bonds. The van der Waals surface area contributed by atoms with Gasteiger partial charge in [-0.3, -0.25) is 0 Å². The van der Waals surface area contributed by atoms with Crippen molar-refractivity contribution >= 4 is 21.6 Å². The van der Waals surface area contributed by atoms with E-state index in [1.807, 2.05) is 0 Å². The third-order valence-electron chi connectivity index (χ3n) is 12.8. The fraction of sp³-hybridized carbons (Fsp3) is 1.00. The smallest absolute Gasteiger partial charge is 0.0151 e. The van der Waals surface area contributed by atoms with Gasteiger partial charge in [-0.2, -0.15) is 0 Å². The van der Waals surface area contributed by atoms with E-state index >= 15 is 0 Å². The summed E-state index contributed by atoms with van der Waals surface area (Å²) >= 11 is 0. The molecule has 0 aromatic rings. The maximum Gasteiger partial charge on any atom is 0.0151 e. The largest absolute Gasteiger partial charge is 0.0904 e. The van der Waals surface area contributed by atoms with Gasteiger partial charge < -0.3 is 0 Å². The highest BCUT2D eigenvalue weighted by molar-refractivity contribution is 8.77. The van der Waals surface area contributed by atoms with Crippen molar-refractivity contribution in [2.24, 2.45) is 0 Å². The van der Waals surface area contributed by atoms with Crippen molar-refractivity contribution in [2.75, 3.05) is 0 Å². The van der Waals surface area contributed by atoms with Crippen LogP contribution in [0.25, 0.3) is 0 Å². The van der Waals surface area contributed by atoms with Crippen molar-refractivity contribution in [1.82, 2.24) is 0 Å². The van der Waals surface area contributed by atoms with Crippen molar-refractivity contribution < 1.29 is 0 Å². The van der Waals surface area contributed by atoms with Gasteiger partial charge in [-0.05, 0) is 25.7 Å². The number of unbranched alkanes of at least 4 members (excludes halogenated alkanes) is 40. The highest BCUT2D eigenvalue weighted by atomic mass is 33.1. The molecule has 0 spiro atoms. The average Bonchev–Trinajstić information content (AvgIpc) is 3.21. The third-order valence-corrected chi connectivity index (χ3v) is 16.4. The van der Waals surface area contributed by atoms with Crippen molar-refractivity contribution in [1.29, 1.82) is 0 Å². The van der Waals surface area contributed by atoms with Gasteiger partial charge in [0.2, 0.25) is 0 Å². The Labute approximate surface area is 366 Å². The lowest BCUT2D eigenvalue weighted by atomic mass is 10.0. The zero-order valence-corrected chi connectivity index (χ0v) is 41.5. The van der Waals surface area contributed by atoms with Gasteiger partial charge >= 0.3 is 0 Å². The minimum Gasteiger partial charge on any atom is -0.0904 e. The molecule has 0 aromatic heterocycles. The molecule has 0 nitrogen and oxygen atoms in total. The second kappa shape index (κ2) is 51.8. The molecule has 0 saturated carbocycles. The van der Waals surface area contributed by atoms with Crippen LogP contribution >= 0.6 is 21.6 Å². The number of hydrogen-bond acceptors (Lipinski definition) is 2. The van der Waals surface area contributed by atoms with Crippen molar-refractivity contribution in [3.8, 4) is 0 Å². The Morgan fingerprint density at radius 1 is 0.179 bits per heavy atom. The van der Waals surface area contributed by atoms with E-state index in [9.17, 15) is 0 Å². The van der Waals surface area contributed by atoms with Crippen LogP contribution in [0.15, 0.2) is 0 Å². The predicted octanol–water partition coefficient (Wildman–Crippen LogP) is 21.9. The molecule has 56 heavy (non-hydrogen) atoms. The monoisotopic (exact) mass is 823 g/mol. The molecule has 0 saturated heterocycles. The molecule has 0 radical (unpaired) electrons. The first-order chi connectivity index (χ1) is 27.8. The molecule has 0 heterocycles. The summed E-state index contributed by atoms with van der Waals surface area (Å²) in [7, 11) is 4.75. The summed E-state index contributed by atoms with van der Waals surface area (Å²) in [6.45, 7) is 9.33. The van der Waals surface area contributed by atoms with E-state index < -0.39 is 0 Å². The highest BCUT2D eigenvalue weighted by Gasteiger charge is 2.16. The van der Waals surface area contributed by atoms with Crippen LogP contribution in [-0.2, 0) is 0 Å². The minimum atomic E-state index is 0.897. The molecule has 0 bridgehead atoms. The van der Waals surface area contributed by atoms with Gasteiger partial charge in [0.1, 0.15) is 0 Å². The second-order valence-corrected chi connectivity index (χ2v) is 21.6. The van der Waals surface area contributed by atoms with Crippen molar-refractivity contribution in [2.45, 2.75) is 346 Å². The van der Waals surface area contributed by atoms with Gasteiger partial charge in [0, 0.05) is 10.5 Å². The summed E-state index contributed by atoms with van der Waals surface area (Å²) in [5.74, 6) is 0. The van der Waals surface area contributed by atoms with E-state index in [0.717, 1.165) is 10.5 Å². The van der Waals surface area contributed by atoms with Gasteiger partial charge in [-0.15, -0.1) is 0 Å². The lowest BCUT2D eigenvalue weighted by molar-refractivity contribution is 0.521. The van der Waals surface area contributed by atoms with E-state index in [4.69, 9.17) is 0 Å². The predicted molar refractivity (Wildman–Crippen MR) is 267 cm³/mol. The van der Waals surface area contributed by atoms with Crippen LogP contribution < -0.4 is 0 Å². The van der Waals surface area contributed by atoms with Crippen LogP contribution in [0.5, 0.6) is 0 Å². The standard InChI is InChI=1S/C54H110S2/c1-5-9-13-17-21-25-29-33-37-41-45-49-53(50-46-42-38-34-30-26-22-18-14-10-6-2)55-56-54(51-47-43-39-35-31-27-23-19-15-11-7-3)52-48-44-40-36-32-28-24-20-16-12-8-4/h53-54H,5-52H2,1-4H3. The average molecular weight is 824 g/mol. The first-order valence-electron chi connectivity index (χ1n) is 27.1. The van der Waals surface area contributed by atoms with E-state index in [1.165, 1.54) is 308 Å². The van der Waals surface area contributed by atoms with Crippen LogP contribution in [0.2, 0.25) is 0 Å². The van der Waals surface area contributed by atoms with E-state index in [1.54, 1.807) is 0 Å². The van der Waals surface area contributed by atoms with Gasteiger partial charge in [0.15, 0.2) is 0 Å². The number of hydrogen-bond donors (Lipinski definition) is 0. The zero-order valence-electron chi connectivity index (χ0n) is 39.9. The Morgan fingerprint density at radius 3 is 0.446 bits per heavy atom. The fourth-order valence-corrected chi connectivity index (χ4v) is 12.2. The summed E-state index contributed by atoms with van der Waals surface area (Å²) in [4.78, 5) is 0. The Kier molecular flexibility index (Phi) is 52.5. The molecular formula is C54H110S2. The van der Waals surface area contributed by atoms with Gasteiger partial charge in [0.05, 0.1) is 0 Å². The van der Waals surface area contributed by atoms with Crippen LogP contribution in [0.3, 0.4) is 0 Å². The Morgan fingerprint density at radius 2 is 0.304 bits per heavy atom. The van der Waals surface area contributed by atoms with Gasteiger partial charge in [0.25, 0.3) is 0 Å². The minimum absolute atomic E-state index is 0.897. The van der Waals surface area contributed by atoms with Crippen molar-refractivity contribution in [3.05, 3.63) is 0 Å². The topological polar surface area (TPSA) is 0 Å². The SMILES string of the molecule is CCCCCCCCCCCCCC(CCCCCCCCCCCCC)SSC(CCCCCCCCCCCCC)CCCCCCCCCCCCC. The summed E-state index contributed by atoms with van der Waals surface area (Å²) in [6, 6.07) is 0. The maximum atomic E-state index is 2.37. The Balaban J connectivity index is 4.72. The maximum absolute atomic E-state index is 2.37. The first kappa shape index (κ1) is 56.7. The first-order valence-corrected chi connectivity index (χ1v) is 29.4. The molecule has 338 valence electrons. The Hall–Kier alpha value is 0.700. The highest BCUT2D eigenvalue weighted by Crippen LogP contribution is 2.40. The fourth-order valence-electron chi connectivity index (χ4n) is 8.78. The van der Waals surface area contributed by atoms with Crippen LogP contribution in [0, 0.1) is 0 Å². The molecule has 0 fully saturated rings. The normalized spacial score (nSPS) is 11.9. The Bertz CT molecular complexity index is 555. The molecule has 0 N–H and O–H groups in total. The molecule has 2 heteroatoms.